The summed E-state index contributed by atoms with van der Waals surface area (Å²) in [6, 6.07) is 2.04. The van der Waals surface area contributed by atoms with Crippen LogP contribution in [0.15, 0.2) is 12.4 Å². The van der Waals surface area contributed by atoms with E-state index in [1.807, 2.05) is 6.07 Å². The maximum Gasteiger partial charge on any atom is 0.134 e. The minimum Gasteiger partial charge on any atom is -0.370 e. The Morgan fingerprint density at radius 1 is 1.50 bits per heavy atom. The van der Waals surface area contributed by atoms with E-state index in [0.717, 1.165) is 56.6 Å². The maximum atomic E-state index is 5.62. The lowest BCUT2D eigenvalue weighted by Gasteiger charge is -2.18. The Hall–Kier alpha value is -1.36. The quantitative estimate of drug-likeness (QED) is 0.799. The number of nitrogens with two attached hydrogens (primary N) is 1. The van der Waals surface area contributed by atoms with Crippen molar-refractivity contribution in [3.8, 4) is 0 Å². The molecule has 1 aliphatic rings. The highest BCUT2D eigenvalue weighted by atomic mass is 15.2. The van der Waals surface area contributed by atoms with Gasteiger partial charge in [0.25, 0.3) is 0 Å². The third kappa shape index (κ3) is 3.32. The second-order valence-electron chi connectivity index (χ2n) is 4.87. The first-order chi connectivity index (χ1) is 8.83. The van der Waals surface area contributed by atoms with Gasteiger partial charge in [-0.05, 0) is 31.7 Å². The van der Waals surface area contributed by atoms with Gasteiger partial charge in [0.15, 0.2) is 0 Å². The standard InChI is InChI=1S/C13H23N5/c1-2-6-15-12-8-13(17-10-16-12)18-7-4-11(9-18)3-5-14/h8,10-11H,2-7,9,14H2,1H3,(H,15,16,17). The Bertz CT molecular complexity index is 368. The van der Waals surface area contributed by atoms with Gasteiger partial charge in [0.2, 0.25) is 0 Å². The van der Waals surface area contributed by atoms with Crippen LogP contribution in [0.5, 0.6) is 0 Å². The number of rotatable bonds is 6. The highest BCUT2D eigenvalue weighted by Gasteiger charge is 2.22. The highest BCUT2D eigenvalue weighted by molar-refractivity contribution is 5.49. The smallest absolute Gasteiger partial charge is 0.134 e. The minimum atomic E-state index is 0.719. The fourth-order valence-electron chi connectivity index (χ4n) is 2.38. The number of nitrogens with zero attached hydrogens (tertiary/aromatic N) is 3. The molecular weight excluding hydrogens is 226 g/mol. The summed E-state index contributed by atoms with van der Waals surface area (Å²) in [7, 11) is 0. The molecule has 3 N–H and O–H groups in total. The Labute approximate surface area is 109 Å². The predicted molar refractivity (Wildman–Crippen MR) is 74.8 cm³/mol. The van der Waals surface area contributed by atoms with Crippen LogP contribution in [-0.2, 0) is 0 Å². The van der Waals surface area contributed by atoms with Crippen molar-refractivity contribution in [2.45, 2.75) is 26.2 Å². The molecule has 0 amide bonds. The maximum absolute atomic E-state index is 5.62. The molecule has 1 unspecified atom stereocenters. The van der Waals surface area contributed by atoms with Gasteiger partial charge < -0.3 is 16.0 Å². The Morgan fingerprint density at radius 2 is 2.39 bits per heavy atom. The second-order valence-corrected chi connectivity index (χ2v) is 4.87. The molecular formula is C13H23N5. The molecule has 18 heavy (non-hydrogen) atoms. The Morgan fingerprint density at radius 3 is 3.17 bits per heavy atom. The summed E-state index contributed by atoms with van der Waals surface area (Å²) in [6.45, 7) is 6.03. The van der Waals surface area contributed by atoms with Gasteiger partial charge in [-0.1, -0.05) is 6.92 Å². The van der Waals surface area contributed by atoms with Crippen LogP contribution in [0, 0.1) is 5.92 Å². The van der Waals surface area contributed by atoms with E-state index in [1.54, 1.807) is 6.33 Å². The van der Waals surface area contributed by atoms with Crippen molar-refractivity contribution < 1.29 is 0 Å². The molecule has 5 heteroatoms. The van der Waals surface area contributed by atoms with Crippen LogP contribution in [0.4, 0.5) is 11.6 Å². The van der Waals surface area contributed by atoms with Gasteiger partial charge in [0, 0.05) is 25.7 Å². The molecule has 100 valence electrons. The summed E-state index contributed by atoms with van der Waals surface area (Å²) >= 11 is 0. The van der Waals surface area contributed by atoms with Crippen molar-refractivity contribution in [2.75, 3.05) is 36.4 Å². The van der Waals surface area contributed by atoms with Gasteiger partial charge in [0.05, 0.1) is 0 Å². The molecule has 0 bridgehead atoms. The molecule has 1 fully saturated rings. The Kier molecular flexibility index (Phi) is 4.75. The average molecular weight is 249 g/mol. The van der Waals surface area contributed by atoms with E-state index >= 15 is 0 Å². The normalized spacial score (nSPS) is 19.2. The fraction of sp³-hybridized carbons (Fsp3) is 0.692. The lowest BCUT2D eigenvalue weighted by molar-refractivity contribution is 0.546. The lowest BCUT2D eigenvalue weighted by Crippen LogP contribution is -2.22. The molecule has 1 aliphatic heterocycles. The number of hydrogen-bond donors (Lipinski definition) is 2. The van der Waals surface area contributed by atoms with Crippen molar-refractivity contribution in [1.29, 1.82) is 0 Å². The van der Waals surface area contributed by atoms with Crippen LogP contribution in [0.25, 0.3) is 0 Å². The van der Waals surface area contributed by atoms with Crippen molar-refractivity contribution in [1.82, 2.24) is 9.97 Å². The van der Waals surface area contributed by atoms with Crippen molar-refractivity contribution in [3.63, 3.8) is 0 Å². The third-order valence-electron chi connectivity index (χ3n) is 3.39. The Balaban J connectivity index is 1.96. The number of hydrogen-bond acceptors (Lipinski definition) is 5. The summed E-state index contributed by atoms with van der Waals surface area (Å²) < 4.78 is 0. The molecule has 0 saturated carbocycles. The summed E-state index contributed by atoms with van der Waals surface area (Å²) in [6.07, 6.45) is 5.08. The number of anilines is 2. The molecule has 5 nitrogen and oxygen atoms in total. The van der Waals surface area contributed by atoms with Crippen molar-refractivity contribution in [2.24, 2.45) is 11.7 Å². The monoisotopic (exact) mass is 249 g/mol. The highest BCUT2D eigenvalue weighted by Crippen LogP contribution is 2.24. The molecule has 1 aromatic heterocycles. The largest absolute Gasteiger partial charge is 0.370 e. The van der Waals surface area contributed by atoms with Gasteiger partial charge in [-0.15, -0.1) is 0 Å². The first-order valence-corrected chi connectivity index (χ1v) is 6.84. The van der Waals surface area contributed by atoms with Crippen molar-refractivity contribution in [3.05, 3.63) is 12.4 Å². The van der Waals surface area contributed by atoms with Crippen LogP contribution in [0.1, 0.15) is 26.2 Å². The topological polar surface area (TPSA) is 67.1 Å². The zero-order chi connectivity index (χ0) is 12.8. The molecule has 0 aliphatic carbocycles. The fourth-order valence-corrected chi connectivity index (χ4v) is 2.38. The second kappa shape index (κ2) is 6.54. The van der Waals surface area contributed by atoms with E-state index in [9.17, 15) is 0 Å². The average Bonchev–Trinajstić information content (AvgIpc) is 2.86. The lowest BCUT2D eigenvalue weighted by atomic mass is 10.1. The van der Waals surface area contributed by atoms with Crippen LogP contribution in [-0.4, -0.2) is 36.1 Å². The van der Waals surface area contributed by atoms with Crippen LogP contribution in [0.2, 0.25) is 0 Å². The first kappa shape index (κ1) is 13.1. The number of nitrogens with one attached hydrogen (secondary N) is 1. The third-order valence-corrected chi connectivity index (χ3v) is 3.39. The van der Waals surface area contributed by atoms with E-state index < -0.39 is 0 Å². The molecule has 2 heterocycles. The molecule has 2 rings (SSSR count). The summed E-state index contributed by atoms with van der Waals surface area (Å²) in [4.78, 5) is 10.9. The van der Waals surface area contributed by atoms with Crippen LogP contribution in [0.3, 0.4) is 0 Å². The van der Waals surface area contributed by atoms with Gasteiger partial charge in [-0.25, -0.2) is 9.97 Å². The molecule has 1 atom stereocenters. The van der Waals surface area contributed by atoms with E-state index in [-0.39, 0.29) is 0 Å². The molecule has 0 radical (unpaired) electrons. The van der Waals surface area contributed by atoms with Gasteiger partial charge in [0.1, 0.15) is 18.0 Å². The van der Waals surface area contributed by atoms with Crippen molar-refractivity contribution >= 4 is 11.6 Å². The van der Waals surface area contributed by atoms with Gasteiger partial charge >= 0.3 is 0 Å². The minimum absolute atomic E-state index is 0.719. The summed E-state index contributed by atoms with van der Waals surface area (Å²) in [5.74, 6) is 2.67. The zero-order valence-electron chi connectivity index (χ0n) is 11.1. The molecule has 0 spiro atoms. The van der Waals surface area contributed by atoms with Gasteiger partial charge in [-0.3, -0.25) is 0 Å². The van der Waals surface area contributed by atoms with E-state index in [0.29, 0.717) is 0 Å². The SMILES string of the molecule is CCCNc1cc(N2CCC(CCN)C2)ncn1. The van der Waals surface area contributed by atoms with Crippen LogP contribution < -0.4 is 16.0 Å². The van der Waals surface area contributed by atoms with E-state index in [2.05, 4.69) is 27.1 Å². The zero-order valence-corrected chi connectivity index (χ0v) is 11.1. The van der Waals surface area contributed by atoms with E-state index in [4.69, 9.17) is 5.73 Å². The summed E-state index contributed by atoms with van der Waals surface area (Å²) in [5, 5.41) is 3.30. The first-order valence-electron chi connectivity index (χ1n) is 6.84. The summed E-state index contributed by atoms with van der Waals surface area (Å²) in [5.41, 5.74) is 5.62. The van der Waals surface area contributed by atoms with Gasteiger partial charge in [-0.2, -0.15) is 0 Å². The molecule has 0 aromatic carbocycles. The predicted octanol–water partition coefficient (Wildman–Crippen LogP) is 1.47. The number of aromatic nitrogens is 2. The molecule has 1 saturated heterocycles. The van der Waals surface area contributed by atoms with E-state index in [1.165, 1.54) is 6.42 Å². The van der Waals surface area contributed by atoms with Crippen LogP contribution >= 0.6 is 0 Å². The molecule has 1 aromatic rings.